The fourth-order valence-electron chi connectivity index (χ4n) is 4.70. The Morgan fingerprint density at radius 2 is 0.455 bits per heavy atom. The molecule has 8 heteroatoms. The molecule has 0 unspecified atom stereocenters. The van der Waals surface area contributed by atoms with Gasteiger partial charge in [0.2, 0.25) is 0 Å². The molecule has 0 heterocycles. The number of benzene rings is 5. The zero-order valence-electron chi connectivity index (χ0n) is 25.1. The molecule has 6 nitrogen and oxygen atoms in total. The minimum absolute atomic E-state index is 0.0824. The predicted molar refractivity (Wildman–Crippen MR) is 181 cm³/mol. The second kappa shape index (κ2) is 16.4. The highest BCUT2D eigenvalue weighted by Crippen LogP contribution is 2.37. The van der Waals surface area contributed by atoms with Gasteiger partial charge in [-0.25, -0.2) is 0 Å². The molecule has 0 saturated heterocycles. The molecular weight excluding hydrogens is 593 g/mol. The van der Waals surface area contributed by atoms with Crippen molar-refractivity contribution in [2.45, 2.75) is 11.8 Å². The second-order valence-corrected chi connectivity index (χ2v) is 13.3. The van der Waals surface area contributed by atoms with Gasteiger partial charge in [-0.05, 0) is 81.9 Å². The second-order valence-electron chi connectivity index (χ2n) is 10.4. The summed E-state index contributed by atoms with van der Waals surface area (Å²) in [6.07, 6.45) is 6.56. The highest BCUT2D eigenvalue weighted by atomic mass is 32.2. The summed E-state index contributed by atoms with van der Waals surface area (Å²) in [6, 6.07) is 37.2. The van der Waals surface area contributed by atoms with Crippen LogP contribution in [0.15, 0.2) is 121 Å². The number of phenolic OH excluding ortho intramolecular Hbond substituents is 4. The van der Waals surface area contributed by atoms with Crippen LogP contribution in [0.3, 0.4) is 0 Å². The fourth-order valence-corrected chi connectivity index (χ4v) is 4.70. The van der Waals surface area contributed by atoms with Crippen molar-refractivity contribution in [3.05, 3.63) is 155 Å². The van der Waals surface area contributed by atoms with Crippen molar-refractivity contribution in [2.24, 2.45) is 0 Å². The van der Waals surface area contributed by atoms with Gasteiger partial charge in [0.15, 0.2) is 0 Å². The van der Waals surface area contributed by atoms with Gasteiger partial charge in [-0.3, -0.25) is 8.42 Å². The molecule has 5 aromatic rings. The normalized spacial score (nSPS) is 10.7. The minimum atomic E-state index is -0.611. The first kappa shape index (κ1) is 34.1. The Morgan fingerprint density at radius 1 is 0.341 bits per heavy atom. The molecule has 0 aromatic heterocycles. The van der Waals surface area contributed by atoms with Crippen LogP contribution in [0.4, 0.5) is 0 Å². The maximum absolute atomic E-state index is 9.80. The summed E-state index contributed by atoms with van der Waals surface area (Å²) in [6.45, 7) is 0. The quantitative estimate of drug-likeness (QED) is 0.153. The number of rotatable bonds is 6. The molecule has 0 spiro atoms. The van der Waals surface area contributed by atoms with Gasteiger partial charge in [0.25, 0.3) is 0 Å². The van der Waals surface area contributed by atoms with Gasteiger partial charge in [0.1, 0.15) is 23.0 Å². The maximum Gasteiger partial charge on any atom is 0.115 e. The van der Waals surface area contributed by atoms with E-state index in [0.717, 1.165) is 33.4 Å². The van der Waals surface area contributed by atoms with E-state index in [0.29, 0.717) is 0 Å². The van der Waals surface area contributed by atoms with E-state index in [1.807, 2.05) is 48.5 Å². The summed E-state index contributed by atoms with van der Waals surface area (Å²) in [5, 5.41) is 39.2. The predicted octanol–water partition coefficient (Wildman–Crippen LogP) is 6.86. The lowest BCUT2D eigenvalue weighted by molar-refractivity contribution is 0.474. The van der Waals surface area contributed by atoms with Crippen LogP contribution in [0.1, 0.15) is 45.2 Å². The smallest absolute Gasteiger partial charge is 0.115 e. The van der Waals surface area contributed by atoms with Gasteiger partial charge in [0, 0.05) is 58.5 Å². The SMILES string of the molecule is CS(C)=O.CS(C)=O.Oc1ccc(C(c2ccc(O)cc2)c2ccc(C(c3ccc(O)cc3)c3ccc(O)cc3)cc2)cc1. The lowest BCUT2D eigenvalue weighted by Gasteiger charge is -2.22. The maximum atomic E-state index is 9.80. The zero-order chi connectivity index (χ0) is 32.2. The summed E-state index contributed by atoms with van der Waals surface area (Å²) in [4.78, 5) is 0. The van der Waals surface area contributed by atoms with E-state index in [1.165, 1.54) is 0 Å². The largest absolute Gasteiger partial charge is 0.508 e. The van der Waals surface area contributed by atoms with E-state index in [1.54, 1.807) is 73.6 Å². The molecule has 4 N–H and O–H groups in total. The van der Waals surface area contributed by atoms with Crippen LogP contribution in [0.5, 0.6) is 23.0 Å². The van der Waals surface area contributed by atoms with Crippen LogP contribution in [0.2, 0.25) is 0 Å². The molecule has 0 bridgehead atoms. The molecule has 230 valence electrons. The van der Waals surface area contributed by atoms with E-state index in [-0.39, 0.29) is 34.8 Å². The molecule has 0 saturated carbocycles. The van der Waals surface area contributed by atoms with Gasteiger partial charge in [-0.15, -0.1) is 0 Å². The Kier molecular flexibility index (Phi) is 12.7. The van der Waals surface area contributed by atoms with Crippen LogP contribution in [-0.4, -0.2) is 53.9 Å². The highest BCUT2D eigenvalue weighted by Gasteiger charge is 2.20. The fraction of sp³-hybridized carbons (Fsp3) is 0.167. The van der Waals surface area contributed by atoms with Crippen molar-refractivity contribution in [3.63, 3.8) is 0 Å². The van der Waals surface area contributed by atoms with Gasteiger partial charge < -0.3 is 20.4 Å². The first-order valence-electron chi connectivity index (χ1n) is 13.7. The van der Waals surface area contributed by atoms with Crippen molar-refractivity contribution in [2.75, 3.05) is 25.0 Å². The van der Waals surface area contributed by atoms with Crippen molar-refractivity contribution < 1.29 is 28.8 Å². The Labute approximate surface area is 264 Å². The van der Waals surface area contributed by atoms with Crippen LogP contribution < -0.4 is 0 Å². The first-order valence-corrected chi connectivity index (χ1v) is 17.6. The van der Waals surface area contributed by atoms with Crippen LogP contribution in [-0.2, 0) is 21.6 Å². The van der Waals surface area contributed by atoms with Crippen molar-refractivity contribution in [1.29, 1.82) is 0 Å². The first-order chi connectivity index (χ1) is 20.9. The molecular formula is C36H38O6S2. The number of phenols is 4. The van der Waals surface area contributed by atoms with E-state index < -0.39 is 21.6 Å². The Balaban J connectivity index is 0.000000592. The van der Waals surface area contributed by atoms with E-state index in [2.05, 4.69) is 24.3 Å². The lowest BCUT2D eigenvalue weighted by Crippen LogP contribution is -2.06. The van der Waals surface area contributed by atoms with Gasteiger partial charge in [-0.2, -0.15) is 0 Å². The monoisotopic (exact) mass is 630 g/mol. The Hall–Kier alpha value is -4.40. The highest BCUT2D eigenvalue weighted by molar-refractivity contribution is 7.83. The van der Waals surface area contributed by atoms with Crippen molar-refractivity contribution in [1.82, 2.24) is 0 Å². The van der Waals surface area contributed by atoms with E-state index in [4.69, 9.17) is 0 Å². The summed E-state index contributed by atoms with van der Waals surface area (Å²) in [5.74, 6) is 0.684. The minimum Gasteiger partial charge on any atom is -0.508 e. The molecule has 0 aliphatic carbocycles. The molecule has 5 aromatic carbocycles. The van der Waals surface area contributed by atoms with Gasteiger partial charge in [-0.1, -0.05) is 72.8 Å². The van der Waals surface area contributed by atoms with Gasteiger partial charge >= 0.3 is 0 Å². The number of hydrogen-bond acceptors (Lipinski definition) is 6. The standard InChI is InChI=1S/C32H26O4.2C2H6OS/c33-27-13-5-23(6-14-27)31(24-7-15-28(34)16-8-24)21-1-2-22(4-3-21)32(25-9-17-29(35)18-10-25)26-11-19-30(36)20-12-26;2*1-4(2)3/h1-20,31-36H;2*1-2H3. The number of hydrogen-bond donors (Lipinski definition) is 4. The molecule has 0 amide bonds. The van der Waals surface area contributed by atoms with Crippen molar-refractivity contribution in [3.8, 4) is 23.0 Å². The van der Waals surface area contributed by atoms with Crippen LogP contribution >= 0.6 is 0 Å². The number of aromatic hydroxyl groups is 4. The molecule has 0 atom stereocenters. The topological polar surface area (TPSA) is 115 Å². The average Bonchev–Trinajstić information content (AvgIpc) is 2.97. The van der Waals surface area contributed by atoms with E-state index in [9.17, 15) is 28.8 Å². The summed E-state index contributed by atoms with van der Waals surface area (Å²) in [7, 11) is -1.22. The molecule has 0 aliphatic heterocycles. The van der Waals surface area contributed by atoms with Crippen LogP contribution in [0.25, 0.3) is 0 Å². The molecule has 0 fully saturated rings. The third kappa shape index (κ3) is 10.4. The Morgan fingerprint density at radius 3 is 0.591 bits per heavy atom. The van der Waals surface area contributed by atoms with E-state index >= 15 is 0 Å². The molecule has 5 rings (SSSR count). The van der Waals surface area contributed by atoms with Crippen LogP contribution in [0, 0.1) is 0 Å². The zero-order valence-corrected chi connectivity index (χ0v) is 26.8. The summed E-state index contributed by atoms with van der Waals surface area (Å²) >= 11 is 0. The third-order valence-electron chi connectivity index (χ3n) is 6.51. The summed E-state index contributed by atoms with van der Waals surface area (Å²) < 4.78 is 19.1. The average molecular weight is 631 g/mol. The lowest BCUT2D eigenvalue weighted by atomic mass is 9.81. The Bertz CT molecular complexity index is 1410. The molecule has 0 radical (unpaired) electrons. The third-order valence-corrected chi connectivity index (χ3v) is 6.51. The summed E-state index contributed by atoms with van der Waals surface area (Å²) in [5.41, 5.74) is 6.26. The molecule has 0 aliphatic rings. The van der Waals surface area contributed by atoms with Gasteiger partial charge in [0.05, 0.1) is 0 Å². The van der Waals surface area contributed by atoms with Crippen molar-refractivity contribution >= 4 is 21.6 Å². The molecule has 44 heavy (non-hydrogen) atoms.